The van der Waals surface area contributed by atoms with Crippen LogP contribution in [0, 0.1) is 0 Å². The quantitative estimate of drug-likeness (QED) is 0.149. The van der Waals surface area contributed by atoms with Crippen molar-refractivity contribution in [2.75, 3.05) is 26.5 Å². The van der Waals surface area contributed by atoms with Crippen LogP contribution in [0.5, 0.6) is 5.75 Å². The van der Waals surface area contributed by atoms with Gasteiger partial charge in [0.1, 0.15) is 5.75 Å². The van der Waals surface area contributed by atoms with Gasteiger partial charge in [0, 0.05) is 20.5 Å². The van der Waals surface area contributed by atoms with Gasteiger partial charge in [0.15, 0.2) is 0 Å². The zero-order valence-electron chi connectivity index (χ0n) is 25.3. The van der Waals surface area contributed by atoms with Crippen LogP contribution in [0.1, 0.15) is 55.0 Å². The number of hydrogen-bond acceptors (Lipinski definition) is 6. The molecule has 11 heteroatoms. The summed E-state index contributed by atoms with van der Waals surface area (Å²) < 4.78 is 52.2. The maximum Gasteiger partial charge on any atom is 0.417 e. The number of halogens is 3. The molecule has 0 unspecified atom stereocenters. The Balaban J connectivity index is 1.52. The van der Waals surface area contributed by atoms with E-state index in [2.05, 4.69) is 10.1 Å². The maximum absolute atomic E-state index is 14.1. The van der Waals surface area contributed by atoms with Crippen molar-refractivity contribution in [3.05, 3.63) is 119 Å². The summed E-state index contributed by atoms with van der Waals surface area (Å²) >= 11 is 0. The van der Waals surface area contributed by atoms with Crippen LogP contribution in [-0.4, -0.2) is 49.9 Å². The van der Waals surface area contributed by atoms with Crippen LogP contribution in [-0.2, 0) is 22.1 Å². The SMILES string of the molecule is COC(=O)c1ccc(OC(=O)CCCc2ccc(NC(=O)c3c(-c4ccccc4)cccc3C(F)(F)F)c(C(=O)N(C)C)c2)cc1. The van der Waals surface area contributed by atoms with Crippen molar-refractivity contribution in [2.24, 2.45) is 0 Å². The van der Waals surface area contributed by atoms with Crippen molar-refractivity contribution in [1.29, 1.82) is 0 Å². The van der Waals surface area contributed by atoms with E-state index in [0.29, 0.717) is 29.5 Å². The van der Waals surface area contributed by atoms with Gasteiger partial charge >= 0.3 is 18.1 Å². The summed E-state index contributed by atoms with van der Waals surface area (Å²) in [5.74, 6) is -2.25. The lowest BCUT2D eigenvalue weighted by Gasteiger charge is -2.19. The Morgan fingerprint density at radius 3 is 2.17 bits per heavy atom. The molecule has 0 aliphatic heterocycles. The molecule has 0 heterocycles. The summed E-state index contributed by atoms with van der Waals surface area (Å²) in [6.07, 6.45) is -4.03. The Labute approximate surface area is 263 Å². The summed E-state index contributed by atoms with van der Waals surface area (Å²) in [4.78, 5) is 51.9. The number of nitrogens with zero attached hydrogens (tertiary/aromatic N) is 1. The summed E-state index contributed by atoms with van der Waals surface area (Å²) in [7, 11) is 4.29. The second-order valence-corrected chi connectivity index (χ2v) is 10.5. The van der Waals surface area contributed by atoms with Crippen molar-refractivity contribution < 1.29 is 41.8 Å². The molecule has 0 radical (unpaired) electrons. The Bertz CT molecular complexity index is 1740. The highest BCUT2D eigenvalue weighted by Crippen LogP contribution is 2.37. The standard InChI is InChI=1S/C35H31F3N2O6/c1-40(2)33(43)27-21-22(9-7-14-30(41)46-25-18-16-24(17-19-25)34(44)45-3)15-20-29(27)39-32(42)31-26(23-10-5-4-6-11-23)12-8-13-28(31)35(36,37)38/h4-6,8,10-13,15-21H,7,9,14H2,1-3H3,(H,39,42). The molecule has 238 valence electrons. The normalized spacial score (nSPS) is 11.0. The fraction of sp³-hybridized carbons (Fsp3) is 0.200. The molecule has 4 rings (SSSR count). The van der Waals surface area contributed by atoms with E-state index in [1.165, 1.54) is 68.6 Å². The monoisotopic (exact) mass is 632 g/mol. The van der Waals surface area contributed by atoms with Crippen molar-refractivity contribution in [2.45, 2.75) is 25.4 Å². The van der Waals surface area contributed by atoms with Crippen molar-refractivity contribution in [1.82, 2.24) is 4.90 Å². The molecule has 0 bridgehead atoms. The van der Waals surface area contributed by atoms with Gasteiger partial charge in [0.2, 0.25) is 0 Å². The predicted molar refractivity (Wildman–Crippen MR) is 166 cm³/mol. The summed E-state index contributed by atoms with van der Waals surface area (Å²) in [6.45, 7) is 0. The molecule has 0 aromatic heterocycles. The number of alkyl halides is 3. The van der Waals surface area contributed by atoms with Crippen LogP contribution in [0.4, 0.5) is 18.9 Å². The Morgan fingerprint density at radius 2 is 1.54 bits per heavy atom. The highest BCUT2D eigenvalue weighted by Gasteiger charge is 2.37. The molecule has 0 atom stereocenters. The highest BCUT2D eigenvalue weighted by atomic mass is 19.4. The van der Waals surface area contributed by atoms with E-state index < -0.39 is 41.1 Å². The number of carbonyl (C=O) groups excluding carboxylic acids is 4. The molecule has 0 saturated carbocycles. The van der Waals surface area contributed by atoms with E-state index >= 15 is 0 Å². The van der Waals surface area contributed by atoms with Gasteiger partial charge in [-0.05, 0) is 72.0 Å². The average molecular weight is 633 g/mol. The number of ether oxygens (including phenoxy) is 2. The fourth-order valence-electron chi connectivity index (χ4n) is 4.75. The Morgan fingerprint density at radius 1 is 0.848 bits per heavy atom. The molecule has 4 aromatic carbocycles. The molecule has 1 N–H and O–H groups in total. The Hall–Kier alpha value is -5.45. The van der Waals surface area contributed by atoms with Crippen molar-refractivity contribution in [3.8, 4) is 16.9 Å². The summed E-state index contributed by atoms with van der Waals surface area (Å²) in [5, 5.41) is 2.54. The molecule has 0 aliphatic rings. The molecule has 0 fully saturated rings. The van der Waals surface area contributed by atoms with Gasteiger partial charge in [-0.2, -0.15) is 13.2 Å². The van der Waals surface area contributed by atoms with E-state index in [9.17, 15) is 32.3 Å². The average Bonchev–Trinajstić information content (AvgIpc) is 3.04. The van der Waals surface area contributed by atoms with Gasteiger partial charge in [-0.1, -0.05) is 48.5 Å². The van der Waals surface area contributed by atoms with Crippen molar-refractivity contribution >= 4 is 29.4 Å². The first kappa shape index (κ1) is 33.4. The lowest BCUT2D eigenvalue weighted by Crippen LogP contribution is -2.25. The number of methoxy groups -OCH3 is 1. The number of benzene rings is 4. The van der Waals surface area contributed by atoms with Crippen LogP contribution in [0.2, 0.25) is 0 Å². The minimum atomic E-state index is -4.81. The zero-order chi connectivity index (χ0) is 33.4. The third-order valence-electron chi connectivity index (χ3n) is 7.00. The molecular formula is C35H31F3N2O6. The first-order valence-electron chi connectivity index (χ1n) is 14.2. The van der Waals surface area contributed by atoms with Gasteiger partial charge < -0.3 is 19.7 Å². The lowest BCUT2D eigenvalue weighted by atomic mass is 9.94. The van der Waals surface area contributed by atoms with Crippen LogP contribution < -0.4 is 10.1 Å². The van der Waals surface area contributed by atoms with Crippen LogP contribution in [0.25, 0.3) is 11.1 Å². The Kier molecular flexibility index (Phi) is 10.6. The van der Waals surface area contributed by atoms with Gasteiger partial charge in [0.25, 0.3) is 11.8 Å². The molecule has 2 amide bonds. The second kappa shape index (κ2) is 14.6. The minimum Gasteiger partial charge on any atom is -0.465 e. The summed E-state index contributed by atoms with van der Waals surface area (Å²) in [5.41, 5.74) is -0.0492. The summed E-state index contributed by atoms with van der Waals surface area (Å²) in [6, 6.07) is 22.3. The van der Waals surface area contributed by atoms with E-state index in [0.717, 1.165) is 6.07 Å². The van der Waals surface area contributed by atoms with Gasteiger partial charge in [-0.3, -0.25) is 14.4 Å². The number of aryl methyl sites for hydroxylation is 1. The first-order chi connectivity index (χ1) is 21.9. The third kappa shape index (κ3) is 8.17. The topological polar surface area (TPSA) is 102 Å². The van der Waals surface area contributed by atoms with E-state index in [-0.39, 0.29) is 29.0 Å². The van der Waals surface area contributed by atoms with Gasteiger partial charge in [0.05, 0.1) is 35.1 Å². The third-order valence-corrected chi connectivity index (χ3v) is 7.00. The number of esters is 2. The fourth-order valence-corrected chi connectivity index (χ4v) is 4.75. The second-order valence-electron chi connectivity index (χ2n) is 10.5. The van der Waals surface area contributed by atoms with Gasteiger partial charge in [-0.15, -0.1) is 0 Å². The number of nitrogens with one attached hydrogen (secondary N) is 1. The van der Waals surface area contributed by atoms with Crippen molar-refractivity contribution in [3.63, 3.8) is 0 Å². The van der Waals surface area contributed by atoms with Crippen LogP contribution in [0.15, 0.2) is 91.0 Å². The molecular weight excluding hydrogens is 601 g/mol. The number of amides is 2. The molecule has 0 saturated heterocycles. The van der Waals surface area contributed by atoms with E-state index in [4.69, 9.17) is 4.74 Å². The van der Waals surface area contributed by atoms with E-state index in [1.54, 1.807) is 42.5 Å². The predicted octanol–water partition coefficient (Wildman–Crippen LogP) is 7.04. The molecule has 8 nitrogen and oxygen atoms in total. The molecule has 0 spiro atoms. The lowest BCUT2D eigenvalue weighted by molar-refractivity contribution is -0.138. The molecule has 0 aliphatic carbocycles. The number of anilines is 1. The molecule has 46 heavy (non-hydrogen) atoms. The number of carbonyl (C=O) groups is 4. The minimum absolute atomic E-state index is 0.0400. The zero-order valence-corrected chi connectivity index (χ0v) is 25.3. The number of hydrogen-bond donors (Lipinski definition) is 1. The maximum atomic E-state index is 14.1. The first-order valence-corrected chi connectivity index (χ1v) is 14.2. The van der Waals surface area contributed by atoms with E-state index in [1.807, 2.05) is 0 Å². The van der Waals surface area contributed by atoms with Crippen LogP contribution >= 0.6 is 0 Å². The highest BCUT2D eigenvalue weighted by molar-refractivity contribution is 6.12. The van der Waals surface area contributed by atoms with Crippen LogP contribution in [0.3, 0.4) is 0 Å². The largest absolute Gasteiger partial charge is 0.465 e. The molecule has 4 aromatic rings. The number of rotatable bonds is 10. The van der Waals surface area contributed by atoms with Gasteiger partial charge in [-0.25, -0.2) is 4.79 Å². The smallest absolute Gasteiger partial charge is 0.417 e.